The van der Waals surface area contributed by atoms with Crippen molar-refractivity contribution < 1.29 is 4.79 Å². The standard InChI is InChI=1S/C23H20N8OS/c1-15-24-9-10-31(15)22-13-21(25-14-26-22)27-16-5-7-17(8-6-16)28-23(32)19-12-18(29-30(19)2)20-4-3-11-33-20/h3-14H,1-2H3,(H,28,32)(H,25,26,27). The Kier molecular flexibility index (Phi) is 5.41. The normalized spacial score (nSPS) is 10.8. The average molecular weight is 457 g/mol. The number of aryl methyl sites for hydroxylation is 2. The van der Waals surface area contributed by atoms with Crippen LogP contribution >= 0.6 is 11.3 Å². The predicted molar refractivity (Wildman–Crippen MR) is 128 cm³/mol. The van der Waals surface area contributed by atoms with Gasteiger partial charge in [-0.1, -0.05) is 6.07 Å². The summed E-state index contributed by atoms with van der Waals surface area (Å²) in [5, 5.41) is 12.6. The molecular formula is C23H20N8OS. The minimum absolute atomic E-state index is 0.218. The molecule has 9 nitrogen and oxygen atoms in total. The van der Waals surface area contributed by atoms with E-state index in [1.807, 2.05) is 65.5 Å². The van der Waals surface area contributed by atoms with Gasteiger partial charge >= 0.3 is 0 Å². The van der Waals surface area contributed by atoms with E-state index >= 15 is 0 Å². The van der Waals surface area contributed by atoms with Crippen molar-refractivity contribution in [1.82, 2.24) is 29.3 Å². The number of anilines is 3. The zero-order chi connectivity index (χ0) is 22.8. The number of amides is 1. The Balaban J connectivity index is 1.27. The lowest BCUT2D eigenvalue weighted by molar-refractivity contribution is 0.101. The van der Waals surface area contributed by atoms with Gasteiger partial charge in [-0.3, -0.25) is 14.0 Å². The maximum atomic E-state index is 12.8. The molecule has 0 aliphatic heterocycles. The van der Waals surface area contributed by atoms with E-state index in [2.05, 4.69) is 30.7 Å². The second-order valence-electron chi connectivity index (χ2n) is 7.28. The minimum atomic E-state index is -0.218. The van der Waals surface area contributed by atoms with Crippen LogP contribution < -0.4 is 10.6 Å². The summed E-state index contributed by atoms with van der Waals surface area (Å²) in [7, 11) is 1.76. The molecule has 5 rings (SSSR count). The fraction of sp³-hybridized carbons (Fsp3) is 0.0870. The van der Waals surface area contributed by atoms with Crippen LogP contribution in [0.3, 0.4) is 0 Å². The van der Waals surface area contributed by atoms with Gasteiger partial charge in [0.05, 0.1) is 4.88 Å². The molecule has 2 N–H and O–H groups in total. The molecule has 0 aliphatic carbocycles. The number of nitrogens with zero attached hydrogens (tertiary/aromatic N) is 6. The largest absolute Gasteiger partial charge is 0.340 e. The average Bonchev–Trinajstić information content (AvgIpc) is 3.56. The van der Waals surface area contributed by atoms with Crippen LogP contribution in [0, 0.1) is 6.92 Å². The molecule has 0 saturated heterocycles. The highest BCUT2D eigenvalue weighted by molar-refractivity contribution is 7.13. The molecule has 0 radical (unpaired) electrons. The first kappa shape index (κ1) is 20.6. The first-order valence-corrected chi connectivity index (χ1v) is 11.0. The molecule has 5 aromatic rings. The summed E-state index contributed by atoms with van der Waals surface area (Å²) in [6, 6.07) is 15.0. The molecule has 4 heterocycles. The number of carbonyl (C=O) groups is 1. The smallest absolute Gasteiger partial charge is 0.273 e. The molecule has 0 bridgehead atoms. The topological polar surface area (TPSA) is 103 Å². The van der Waals surface area contributed by atoms with Crippen molar-refractivity contribution in [2.24, 2.45) is 7.05 Å². The summed E-state index contributed by atoms with van der Waals surface area (Å²) in [6.07, 6.45) is 5.08. The van der Waals surface area contributed by atoms with E-state index in [1.54, 1.807) is 35.3 Å². The lowest BCUT2D eigenvalue weighted by Gasteiger charge is -2.10. The Morgan fingerprint density at radius 2 is 1.85 bits per heavy atom. The number of nitrogens with one attached hydrogen (secondary N) is 2. The van der Waals surface area contributed by atoms with Crippen LogP contribution in [0.4, 0.5) is 17.2 Å². The highest BCUT2D eigenvalue weighted by Crippen LogP contribution is 2.24. The molecule has 0 fully saturated rings. The molecule has 33 heavy (non-hydrogen) atoms. The summed E-state index contributed by atoms with van der Waals surface area (Å²) in [5.74, 6) is 2.01. The molecular weight excluding hydrogens is 436 g/mol. The van der Waals surface area contributed by atoms with E-state index in [0.717, 1.165) is 27.9 Å². The van der Waals surface area contributed by atoms with Gasteiger partial charge in [-0.2, -0.15) is 5.10 Å². The van der Waals surface area contributed by atoms with Gasteiger partial charge in [-0.15, -0.1) is 11.3 Å². The van der Waals surface area contributed by atoms with Crippen molar-refractivity contribution in [2.75, 3.05) is 10.6 Å². The number of aromatic nitrogens is 6. The monoisotopic (exact) mass is 456 g/mol. The Bertz CT molecular complexity index is 1400. The molecule has 1 aromatic carbocycles. The molecule has 0 atom stereocenters. The third kappa shape index (κ3) is 4.37. The minimum Gasteiger partial charge on any atom is -0.340 e. The van der Waals surface area contributed by atoms with Crippen molar-refractivity contribution >= 4 is 34.4 Å². The molecule has 164 valence electrons. The van der Waals surface area contributed by atoms with Gasteiger partial charge in [-0.05, 0) is 48.7 Å². The second kappa shape index (κ2) is 8.67. The maximum absolute atomic E-state index is 12.8. The van der Waals surface area contributed by atoms with E-state index in [4.69, 9.17) is 0 Å². The van der Waals surface area contributed by atoms with E-state index in [0.29, 0.717) is 17.2 Å². The molecule has 4 aromatic heterocycles. The van der Waals surface area contributed by atoms with Crippen LogP contribution in [0.1, 0.15) is 16.3 Å². The fourth-order valence-electron chi connectivity index (χ4n) is 3.37. The summed E-state index contributed by atoms with van der Waals surface area (Å²) in [5.41, 5.74) is 2.79. The van der Waals surface area contributed by atoms with Crippen LogP contribution in [0.25, 0.3) is 16.4 Å². The number of rotatable bonds is 6. The third-order valence-corrected chi connectivity index (χ3v) is 5.92. The van der Waals surface area contributed by atoms with Gasteiger partial charge < -0.3 is 10.6 Å². The lowest BCUT2D eigenvalue weighted by atomic mass is 10.2. The highest BCUT2D eigenvalue weighted by atomic mass is 32.1. The van der Waals surface area contributed by atoms with E-state index in [-0.39, 0.29) is 5.91 Å². The summed E-state index contributed by atoms with van der Waals surface area (Å²) in [6.45, 7) is 1.91. The molecule has 1 amide bonds. The van der Waals surface area contributed by atoms with Crippen molar-refractivity contribution in [1.29, 1.82) is 0 Å². The first-order chi connectivity index (χ1) is 16.1. The van der Waals surface area contributed by atoms with Crippen LogP contribution in [0.2, 0.25) is 0 Å². The lowest BCUT2D eigenvalue weighted by Crippen LogP contribution is -2.16. The summed E-state index contributed by atoms with van der Waals surface area (Å²) in [4.78, 5) is 26.6. The van der Waals surface area contributed by atoms with Gasteiger partial charge in [0, 0.05) is 36.9 Å². The van der Waals surface area contributed by atoms with Crippen LogP contribution in [0.15, 0.2) is 72.6 Å². The molecule has 0 aliphatic rings. The first-order valence-electron chi connectivity index (χ1n) is 10.2. The number of hydrogen-bond donors (Lipinski definition) is 2. The Morgan fingerprint density at radius 1 is 1.03 bits per heavy atom. The van der Waals surface area contributed by atoms with Gasteiger partial charge in [0.15, 0.2) is 0 Å². The highest BCUT2D eigenvalue weighted by Gasteiger charge is 2.15. The number of hydrogen-bond acceptors (Lipinski definition) is 7. The van der Waals surface area contributed by atoms with Crippen LogP contribution in [-0.4, -0.2) is 35.2 Å². The van der Waals surface area contributed by atoms with Gasteiger partial charge in [0.2, 0.25) is 0 Å². The third-order valence-electron chi connectivity index (χ3n) is 5.03. The molecule has 0 saturated carbocycles. The summed E-state index contributed by atoms with van der Waals surface area (Å²) < 4.78 is 3.47. The van der Waals surface area contributed by atoms with E-state index < -0.39 is 0 Å². The summed E-state index contributed by atoms with van der Waals surface area (Å²) >= 11 is 1.59. The number of benzene rings is 1. The van der Waals surface area contributed by atoms with Gasteiger partial charge in [-0.25, -0.2) is 15.0 Å². The van der Waals surface area contributed by atoms with Gasteiger partial charge in [0.1, 0.15) is 35.2 Å². The molecule has 0 spiro atoms. The second-order valence-corrected chi connectivity index (χ2v) is 8.23. The van der Waals surface area contributed by atoms with Crippen molar-refractivity contribution in [2.45, 2.75) is 6.92 Å². The van der Waals surface area contributed by atoms with Crippen molar-refractivity contribution in [3.63, 3.8) is 0 Å². The zero-order valence-corrected chi connectivity index (χ0v) is 18.7. The van der Waals surface area contributed by atoms with Crippen molar-refractivity contribution in [3.05, 3.63) is 84.2 Å². The molecule has 10 heteroatoms. The quantitative estimate of drug-likeness (QED) is 0.392. The van der Waals surface area contributed by atoms with Crippen LogP contribution in [-0.2, 0) is 7.05 Å². The maximum Gasteiger partial charge on any atom is 0.273 e. The number of thiophene rings is 1. The van der Waals surface area contributed by atoms with Gasteiger partial charge in [0.25, 0.3) is 5.91 Å². The van der Waals surface area contributed by atoms with Crippen LogP contribution in [0.5, 0.6) is 0 Å². The van der Waals surface area contributed by atoms with E-state index in [1.165, 1.54) is 6.33 Å². The van der Waals surface area contributed by atoms with Crippen molar-refractivity contribution in [3.8, 4) is 16.4 Å². The van der Waals surface area contributed by atoms with E-state index in [9.17, 15) is 4.79 Å². The SMILES string of the molecule is Cc1nccn1-c1cc(Nc2ccc(NC(=O)c3cc(-c4cccs4)nn3C)cc2)ncn1. The fourth-order valence-corrected chi connectivity index (χ4v) is 4.05. The zero-order valence-electron chi connectivity index (χ0n) is 17.9. The Labute approximate surface area is 193 Å². The molecule has 0 unspecified atom stereocenters. The Morgan fingerprint density at radius 3 is 2.58 bits per heavy atom. The number of imidazole rings is 1. The number of carbonyl (C=O) groups excluding carboxylic acids is 1. The predicted octanol–water partition coefficient (Wildman–Crippen LogP) is 4.43. The Hall–Kier alpha value is -4.31.